The average molecular weight is 197 g/mol. The van der Waals surface area contributed by atoms with E-state index in [-0.39, 0.29) is 0 Å². The molecule has 0 fully saturated rings. The maximum Gasteiger partial charge on any atom is 0.0169 e. The zero-order valence-corrected chi connectivity index (χ0v) is 10.7. The number of allylic oxidation sites excluding steroid dienone is 1. The molecule has 0 aliphatic carbocycles. The molecule has 0 amide bonds. The molecule has 0 rings (SSSR count). The molecule has 1 atom stereocenters. The third-order valence-corrected chi connectivity index (χ3v) is 2.60. The molecule has 1 heteroatoms. The Morgan fingerprint density at radius 3 is 2.07 bits per heavy atom. The summed E-state index contributed by atoms with van der Waals surface area (Å²) in [7, 11) is 0. The van der Waals surface area contributed by atoms with Crippen molar-refractivity contribution in [1.82, 2.24) is 5.32 Å². The topological polar surface area (TPSA) is 12.0 Å². The molecule has 84 valence electrons. The minimum Gasteiger partial charge on any atom is -0.311 e. The largest absolute Gasteiger partial charge is 0.311 e. The molecule has 0 radical (unpaired) electrons. The van der Waals surface area contributed by atoms with Crippen LogP contribution in [0.3, 0.4) is 0 Å². The van der Waals surface area contributed by atoms with Gasteiger partial charge in [-0.1, -0.05) is 59.6 Å². The second-order valence-electron chi connectivity index (χ2n) is 4.82. The van der Waals surface area contributed by atoms with Gasteiger partial charge in [0, 0.05) is 12.6 Å². The molecule has 0 aromatic heterocycles. The lowest BCUT2D eigenvalue weighted by Crippen LogP contribution is -2.26. The predicted octanol–water partition coefficient (Wildman–Crippen LogP) is 3.61. The second-order valence-corrected chi connectivity index (χ2v) is 4.82. The first-order valence-electron chi connectivity index (χ1n) is 5.91. The van der Waals surface area contributed by atoms with Gasteiger partial charge in [-0.3, -0.25) is 0 Å². The highest BCUT2D eigenvalue weighted by atomic mass is 14.9. The zero-order valence-electron chi connectivity index (χ0n) is 10.7. The highest BCUT2D eigenvalue weighted by Gasteiger charge is 2.05. The lowest BCUT2D eigenvalue weighted by Gasteiger charge is -2.16. The Morgan fingerprint density at radius 1 is 1.14 bits per heavy atom. The van der Waals surface area contributed by atoms with E-state index < -0.39 is 0 Å². The molecule has 1 unspecified atom stereocenters. The van der Waals surface area contributed by atoms with Crippen LogP contribution in [0.15, 0.2) is 11.6 Å². The van der Waals surface area contributed by atoms with E-state index in [0.717, 1.165) is 6.54 Å². The Morgan fingerprint density at radius 2 is 1.71 bits per heavy atom. The number of hydrogen-bond donors (Lipinski definition) is 1. The second kappa shape index (κ2) is 7.05. The molecule has 0 saturated carbocycles. The summed E-state index contributed by atoms with van der Waals surface area (Å²) in [5.74, 6) is 1.37. The van der Waals surface area contributed by atoms with Crippen molar-refractivity contribution in [3.63, 3.8) is 0 Å². The summed E-state index contributed by atoms with van der Waals surface area (Å²) in [5.41, 5.74) is 1.55. The van der Waals surface area contributed by atoms with E-state index >= 15 is 0 Å². The van der Waals surface area contributed by atoms with Crippen LogP contribution in [0, 0.1) is 11.8 Å². The van der Waals surface area contributed by atoms with Crippen molar-refractivity contribution in [3.8, 4) is 0 Å². The molecular formula is C13H27N. The van der Waals surface area contributed by atoms with Crippen LogP contribution in [0.2, 0.25) is 0 Å². The Balaban J connectivity index is 4.21. The van der Waals surface area contributed by atoms with Gasteiger partial charge in [-0.15, -0.1) is 0 Å². The van der Waals surface area contributed by atoms with Crippen LogP contribution >= 0.6 is 0 Å². The van der Waals surface area contributed by atoms with Crippen LogP contribution in [-0.2, 0) is 0 Å². The van der Waals surface area contributed by atoms with E-state index in [9.17, 15) is 0 Å². The lowest BCUT2D eigenvalue weighted by atomic mass is 9.97. The normalized spacial score (nSPS) is 15.3. The van der Waals surface area contributed by atoms with E-state index in [1.54, 1.807) is 5.57 Å². The Hall–Kier alpha value is -0.300. The number of hydrogen-bond acceptors (Lipinski definition) is 1. The molecular weight excluding hydrogens is 170 g/mol. The Bertz CT molecular complexity index is 168. The summed E-state index contributed by atoms with van der Waals surface area (Å²) in [6.07, 6.45) is 3.66. The first-order valence-corrected chi connectivity index (χ1v) is 5.91. The Labute approximate surface area is 90.0 Å². The van der Waals surface area contributed by atoms with E-state index in [2.05, 4.69) is 52.9 Å². The average Bonchev–Trinajstić information content (AvgIpc) is 2.10. The molecule has 1 N–H and O–H groups in total. The van der Waals surface area contributed by atoms with Crippen LogP contribution in [0.4, 0.5) is 0 Å². The van der Waals surface area contributed by atoms with Gasteiger partial charge >= 0.3 is 0 Å². The molecule has 0 aliphatic heterocycles. The smallest absolute Gasteiger partial charge is 0.0169 e. The van der Waals surface area contributed by atoms with Crippen molar-refractivity contribution in [2.75, 3.05) is 6.54 Å². The standard InChI is InChI=1S/C13H27N/c1-7-12(6)8-13(10(2)3)9-14-11(4)5/h8,10-12,14H,7,9H2,1-6H3. The molecule has 0 saturated heterocycles. The zero-order chi connectivity index (χ0) is 11.1. The Kier molecular flexibility index (Phi) is 6.90. The number of rotatable bonds is 6. The fourth-order valence-electron chi connectivity index (χ4n) is 1.26. The summed E-state index contributed by atoms with van der Waals surface area (Å²) in [4.78, 5) is 0. The van der Waals surface area contributed by atoms with E-state index in [1.807, 2.05) is 0 Å². The van der Waals surface area contributed by atoms with Crippen molar-refractivity contribution in [3.05, 3.63) is 11.6 Å². The van der Waals surface area contributed by atoms with Crippen LogP contribution in [0.1, 0.15) is 48.0 Å². The third kappa shape index (κ3) is 6.20. The molecule has 0 aromatic carbocycles. The van der Waals surface area contributed by atoms with Crippen molar-refractivity contribution < 1.29 is 0 Å². The van der Waals surface area contributed by atoms with Gasteiger partial charge in [-0.25, -0.2) is 0 Å². The maximum atomic E-state index is 3.49. The van der Waals surface area contributed by atoms with Gasteiger partial charge in [-0.2, -0.15) is 0 Å². The van der Waals surface area contributed by atoms with Gasteiger partial charge in [-0.05, 0) is 11.8 Å². The van der Waals surface area contributed by atoms with Crippen LogP contribution in [-0.4, -0.2) is 12.6 Å². The first kappa shape index (κ1) is 13.7. The maximum absolute atomic E-state index is 3.49. The molecule has 14 heavy (non-hydrogen) atoms. The van der Waals surface area contributed by atoms with Gasteiger partial charge in [0.1, 0.15) is 0 Å². The molecule has 0 heterocycles. The lowest BCUT2D eigenvalue weighted by molar-refractivity contribution is 0.578. The van der Waals surface area contributed by atoms with Gasteiger partial charge in [0.25, 0.3) is 0 Å². The van der Waals surface area contributed by atoms with Crippen molar-refractivity contribution in [2.45, 2.75) is 54.0 Å². The number of nitrogens with one attached hydrogen (secondary N) is 1. The highest BCUT2D eigenvalue weighted by molar-refractivity contribution is 5.08. The van der Waals surface area contributed by atoms with Gasteiger partial charge in [0.15, 0.2) is 0 Å². The fraction of sp³-hybridized carbons (Fsp3) is 0.846. The van der Waals surface area contributed by atoms with Crippen molar-refractivity contribution >= 4 is 0 Å². The molecule has 1 nitrogen and oxygen atoms in total. The minimum absolute atomic E-state index is 0.578. The molecule has 0 spiro atoms. The summed E-state index contributed by atoms with van der Waals surface area (Å²) in [5, 5.41) is 3.49. The van der Waals surface area contributed by atoms with Crippen molar-refractivity contribution in [1.29, 1.82) is 0 Å². The molecule has 0 aromatic rings. The molecule has 0 aliphatic rings. The van der Waals surface area contributed by atoms with Crippen LogP contribution < -0.4 is 5.32 Å². The van der Waals surface area contributed by atoms with Crippen LogP contribution in [0.5, 0.6) is 0 Å². The van der Waals surface area contributed by atoms with E-state index in [1.165, 1.54) is 6.42 Å². The van der Waals surface area contributed by atoms with Crippen LogP contribution in [0.25, 0.3) is 0 Å². The fourth-order valence-corrected chi connectivity index (χ4v) is 1.26. The SMILES string of the molecule is CCC(C)C=C(CNC(C)C)C(C)C. The highest BCUT2D eigenvalue weighted by Crippen LogP contribution is 2.14. The van der Waals surface area contributed by atoms with Gasteiger partial charge in [0.05, 0.1) is 0 Å². The van der Waals surface area contributed by atoms with Gasteiger partial charge < -0.3 is 5.32 Å². The first-order chi connectivity index (χ1) is 6.47. The third-order valence-electron chi connectivity index (χ3n) is 2.60. The quantitative estimate of drug-likeness (QED) is 0.641. The van der Waals surface area contributed by atoms with E-state index in [0.29, 0.717) is 17.9 Å². The van der Waals surface area contributed by atoms with E-state index in [4.69, 9.17) is 0 Å². The summed E-state index contributed by atoms with van der Waals surface area (Å²) >= 11 is 0. The minimum atomic E-state index is 0.578. The summed E-state index contributed by atoms with van der Waals surface area (Å²) in [6, 6.07) is 0.578. The van der Waals surface area contributed by atoms with Gasteiger partial charge in [0.2, 0.25) is 0 Å². The summed E-state index contributed by atoms with van der Waals surface area (Å²) in [6.45, 7) is 14.5. The van der Waals surface area contributed by atoms with Crippen molar-refractivity contribution in [2.24, 2.45) is 11.8 Å². The summed E-state index contributed by atoms with van der Waals surface area (Å²) < 4.78 is 0. The predicted molar refractivity (Wildman–Crippen MR) is 65.5 cm³/mol. The monoisotopic (exact) mass is 197 g/mol. The molecule has 0 bridgehead atoms.